The molecule has 4 amide bonds. The minimum atomic E-state index is -0.657. The number of carbonyl (C=O) groups is 4. The van der Waals surface area contributed by atoms with Crippen LogP contribution in [0.5, 0.6) is 0 Å². The largest absolute Gasteiger partial charge is 0.444 e. The molecule has 3 heterocycles. The fourth-order valence-electron chi connectivity index (χ4n) is 4.10. The number of benzene rings is 1. The number of ether oxygens (including phenoxy) is 2. The molecule has 14 heteroatoms. The van der Waals surface area contributed by atoms with Crippen molar-refractivity contribution in [1.82, 2.24) is 18.8 Å². The lowest BCUT2D eigenvalue weighted by atomic mass is 10.2. The molecule has 14 nitrogen and oxygen atoms in total. The standard InChI is InChI=1S/C29H36N8O6/c1-28(2,3)42-26(40)32-18-12-22(35(7)14-18)24(38)31-17-9-10-21-20(11-17)30-16-37(21)34-25(39)23-13-19(15-36(23)8)33-27(41)43-29(4,5)6/h9-16H,1-8H3,(H,31,38)(H,32,40)(H,33,41)(H,34,39). The summed E-state index contributed by atoms with van der Waals surface area (Å²) in [5, 5.41) is 8.06. The van der Waals surface area contributed by atoms with Crippen LogP contribution in [0.4, 0.5) is 26.7 Å². The van der Waals surface area contributed by atoms with Crippen LogP contribution in [0.2, 0.25) is 0 Å². The third-order valence-electron chi connectivity index (χ3n) is 5.79. The van der Waals surface area contributed by atoms with Gasteiger partial charge in [-0.25, -0.2) is 19.2 Å². The van der Waals surface area contributed by atoms with E-state index in [2.05, 4.69) is 26.4 Å². The van der Waals surface area contributed by atoms with Crippen molar-refractivity contribution in [2.24, 2.45) is 14.1 Å². The van der Waals surface area contributed by atoms with E-state index in [0.717, 1.165) is 0 Å². The van der Waals surface area contributed by atoms with E-state index in [1.54, 1.807) is 101 Å². The van der Waals surface area contributed by atoms with Gasteiger partial charge in [-0.2, -0.15) is 0 Å². The molecule has 228 valence electrons. The summed E-state index contributed by atoms with van der Waals surface area (Å²) in [6, 6.07) is 8.13. The minimum absolute atomic E-state index is 0.292. The predicted molar refractivity (Wildman–Crippen MR) is 162 cm³/mol. The molecule has 0 saturated carbocycles. The number of anilines is 3. The predicted octanol–water partition coefficient (Wildman–Crippen LogP) is 5.04. The first-order valence-corrected chi connectivity index (χ1v) is 13.4. The Morgan fingerprint density at radius 2 is 1.21 bits per heavy atom. The molecule has 4 aromatic rings. The zero-order valence-electron chi connectivity index (χ0n) is 25.4. The average Bonchev–Trinajstić information content (AvgIpc) is 3.53. The van der Waals surface area contributed by atoms with Crippen molar-refractivity contribution >= 4 is 52.1 Å². The minimum Gasteiger partial charge on any atom is -0.444 e. The Bertz CT molecular complexity index is 1700. The third-order valence-corrected chi connectivity index (χ3v) is 5.79. The van der Waals surface area contributed by atoms with Crippen molar-refractivity contribution in [3.05, 3.63) is 60.4 Å². The summed E-state index contributed by atoms with van der Waals surface area (Å²) in [6.07, 6.45) is 3.41. The van der Waals surface area contributed by atoms with Gasteiger partial charge >= 0.3 is 12.2 Å². The molecule has 4 N–H and O–H groups in total. The van der Waals surface area contributed by atoms with E-state index < -0.39 is 35.2 Å². The first kappa shape index (κ1) is 30.7. The van der Waals surface area contributed by atoms with Gasteiger partial charge in [-0.05, 0) is 71.9 Å². The molecule has 0 fully saturated rings. The van der Waals surface area contributed by atoms with E-state index in [1.807, 2.05) is 0 Å². The maximum absolute atomic E-state index is 13.0. The third kappa shape index (κ3) is 7.93. The SMILES string of the molecule is Cn1cc(NC(=O)OC(C)(C)C)cc1C(=O)Nc1ccc2c(c1)ncn2NC(=O)c1cc(NC(=O)OC(C)(C)C)cn1C. The summed E-state index contributed by atoms with van der Waals surface area (Å²) < 4.78 is 15.1. The maximum Gasteiger partial charge on any atom is 0.412 e. The number of carbonyl (C=O) groups excluding carboxylic acids is 4. The van der Waals surface area contributed by atoms with Crippen molar-refractivity contribution < 1.29 is 28.7 Å². The van der Waals surface area contributed by atoms with Gasteiger partial charge in [0.05, 0.1) is 22.4 Å². The number of hydrogen-bond donors (Lipinski definition) is 4. The van der Waals surface area contributed by atoms with E-state index in [-0.39, 0.29) is 0 Å². The molecule has 0 unspecified atom stereocenters. The van der Waals surface area contributed by atoms with Crippen molar-refractivity contribution in [1.29, 1.82) is 0 Å². The Balaban J connectivity index is 1.41. The van der Waals surface area contributed by atoms with Crippen LogP contribution in [0.15, 0.2) is 49.1 Å². The van der Waals surface area contributed by atoms with Crippen LogP contribution in [0, 0.1) is 0 Å². The highest BCUT2D eigenvalue weighted by Crippen LogP contribution is 2.21. The van der Waals surface area contributed by atoms with Gasteiger partial charge in [0.1, 0.15) is 28.9 Å². The summed E-state index contributed by atoms with van der Waals surface area (Å²) in [4.78, 5) is 54.5. The lowest BCUT2D eigenvalue weighted by Gasteiger charge is -2.19. The molecule has 43 heavy (non-hydrogen) atoms. The molecule has 0 radical (unpaired) electrons. The second kappa shape index (κ2) is 11.5. The van der Waals surface area contributed by atoms with Gasteiger partial charge in [-0.15, -0.1) is 0 Å². The second-order valence-electron chi connectivity index (χ2n) is 11.9. The van der Waals surface area contributed by atoms with Gasteiger partial charge < -0.3 is 23.9 Å². The number of nitrogens with zero attached hydrogens (tertiary/aromatic N) is 4. The van der Waals surface area contributed by atoms with E-state index in [9.17, 15) is 19.2 Å². The molecule has 0 atom stereocenters. The number of aryl methyl sites for hydroxylation is 2. The van der Waals surface area contributed by atoms with Crippen LogP contribution >= 0.6 is 0 Å². The molecule has 4 rings (SSSR count). The van der Waals surface area contributed by atoms with Crippen LogP contribution in [0.25, 0.3) is 11.0 Å². The highest BCUT2D eigenvalue weighted by Gasteiger charge is 2.20. The summed E-state index contributed by atoms with van der Waals surface area (Å²) in [5.41, 5.74) is 4.48. The van der Waals surface area contributed by atoms with Crippen LogP contribution in [-0.2, 0) is 23.6 Å². The number of amides is 4. The molecular formula is C29H36N8O6. The smallest absolute Gasteiger partial charge is 0.412 e. The first-order chi connectivity index (χ1) is 20.0. The average molecular weight is 593 g/mol. The van der Waals surface area contributed by atoms with Gasteiger partial charge in [0.15, 0.2) is 0 Å². The van der Waals surface area contributed by atoms with Crippen molar-refractivity contribution in [2.75, 3.05) is 21.4 Å². The monoisotopic (exact) mass is 592 g/mol. The second-order valence-corrected chi connectivity index (χ2v) is 11.9. The Morgan fingerprint density at radius 3 is 1.72 bits per heavy atom. The van der Waals surface area contributed by atoms with Gasteiger partial charge in [0.25, 0.3) is 11.8 Å². The Kier molecular flexibility index (Phi) is 8.24. The van der Waals surface area contributed by atoms with E-state index in [0.29, 0.717) is 39.5 Å². The lowest BCUT2D eigenvalue weighted by molar-refractivity contribution is 0.0624. The van der Waals surface area contributed by atoms with Gasteiger partial charge in [-0.1, -0.05) is 0 Å². The number of rotatable bonds is 6. The lowest BCUT2D eigenvalue weighted by Crippen LogP contribution is -2.27. The fourth-order valence-corrected chi connectivity index (χ4v) is 4.10. The maximum atomic E-state index is 13.0. The molecule has 0 saturated heterocycles. The number of fused-ring (bicyclic) bond motifs is 1. The summed E-state index contributed by atoms with van der Waals surface area (Å²) >= 11 is 0. The Morgan fingerprint density at radius 1 is 0.698 bits per heavy atom. The molecule has 1 aromatic carbocycles. The van der Waals surface area contributed by atoms with Gasteiger partial charge in [-0.3, -0.25) is 25.6 Å². The normalized spacial score (nSPS) is 11.6. The molecular weight excluding hydrogens is 556 g/mol. The molecule has 0 aliphatic heterocycles. The molecule has 0 bridgehead atoms. The van der Waals surface area contributed by atoms with Crippen LogP contribution in [-0.4, -0.2) is 54.0 Å². The number of hydrogen-bond acceptors (Lipinski definition) is 7. The molecule has 3 aromatic heterocycles. The quantitative estimate of drug-likeness (QED) is 0.244. The van der Waals surface area contributed by atoms with E-state index in [4.69, 9.17) is 9.47 Å². The zero-order valence-corrected chi connectivity index (χ0v) is 25.4. The highest BCUT2D eigenvalue weighted by atomic mass is 16.6. The highest BCUT2D eigenvalue weighted by molar-refractivity contribution is 6.05. The number of imidazole rings is 1. The molecule has 0 spiro atoms. The first-order valence-electron chi connectivity index (χ1n) is 13.4. The van der Waals surface area contributed by atoms with Crippen molar-refractivity contribution in [3.8, 4) is 0 Å². The van der Waals surface area contributed by atoms with E-state index >= 15 is 0 Å². The van der Waals surface area contributed by atoms with Crippen molar-refractivity contribution in [2.45, 2.75) is 52.7 Å². The Labute approximate surface area is 248 Å². The summed E-state index contributed by atoms with van der Waals surface area (Å²) in [5.74, 6) is -0.831. The zero-order chi connectivity index (χ0) is 31.7. The number of aromatic nitrogens is 4. The summed E-state index contributed by atoms with van der Waals surface area (Å²) in [6.45, 7) is 10.6. The summed E-state index contributed by atoms with van der Waals surface area (Å²) in [7, 11) is 3.37. The Hall–Kier alpha value is -5.27. The topological polar surface area (TPSA) is 163 Å². The van der Waals surface area contributed by atoms with E-state index in [1.165, 1.54) is 17.1 Å². The fraction of sp³-hybridized carbons (Fsp3) is 0.345. The molecule has 0 aliphatic carbocycles. The van der Waals surface area contributed by atoms with Gasteiger partial charge in [0.2, 0.25) is 0 Å². The van der Waals surface area contributed by atoms with Crippen LogP contribution in [0.3, 0.4) is 0 Å². The van der Waals surface area contributed by atoms with Gasteiger partial charge in [0, 0.05) is 32.2 Å². The van der Waals surface area contributed by atoms with Crippen LogP contribution in [0.1, 0.15) is 62.5 Å². The molecule has 0 aliphatic rings. The van der Waals surface area contributed by atoms with Crippen LogP contribution < -0.4 is 21.4 Å². The number of nitrogens with one attached hydrogen (secondary N) is 4. The van der Waals surface area contributed by atoms with Crippen molar-refractivity contribution in [3.63, 3.8) is 0 Å².